The van der Waals surface area contributed by atoms with E-state index in [0.717, 1.165) is 83.5 Å². The molecule has 486 valence electrons. The molecule has 0 N–H and O–H groups in total. The second kappa shape index (κ2) is 23.1. The Balaban J connectivity index is 0.000000134. The fraction of sp³-hybridized carbons (Fsp3) is 0.0323. The molecule has 0 saturated carbocycles. The second-order valence-electron chi connectivity index (χ2n) is 27.5. The van der Waals surface area contributed by atoms with Crippen LogP contribution in [0.15, 0.2) is 322 Å². The number of benzene rings is 14. The fourth-order valence-electron chi connectivity index (χ4n) is 16.4. The SMILES string of the molecule is CC1(C)c2ccccc2-c2ccc(-c3nc(-c4ccc5ccc(-n6c7ccccc7c7cc8ccccc8cc76)cc5c4)nc4nccnc34)cc21.c1ccc(-n2c3ccccc3c3ccc(-c4nc(-c5cccc(-n6c7ccccc7c7cc8ccccc8cc76)c5)nc5nccnc45)cc32)cc1. The molecule has 1 aliphatic rings. The van der Waals surface area contributed by atoms with Gasteiger partial charge in [0, 0.05) is 102 Å². The number of nitrogens with zero attached hydrogens (tertiary/aromatic N) is 11. The van der Waals surface area contributed by atoms with Crippen molar-refractivity contribution in [3.05, 3.63) is 333 Å². The molecule has 0 aliphatic heterocycles. The van der Waals surface area contributed by atoms with E-state index in [1.807, 2.05) is 6.07 Å². The Morgan fingerprint density at radius 1 is 0.250 bits per heavy atom. The standard InChI is InChI=1S/C47H31N5.C46H28N6/c1-47(2)39-13-7-5-11-35(39)36-20-18-31(26-40(36)47)43-44-46(49-22-21-48-44)51-45(50-43)32-16-15-28-17-19-34(24-33(28)23-32)52-41-14-8-6-12-37(41)38-25-29-9-3-4-10-30(29)27-42(38)52;1-2-14-33(15-3-1)51-39-19-8-6-17-35(39)37-22-21-31(28-41(37)51)43-44-46(48-24-23-47-44)50-45(49-43)32-13-10-16-34(25-32)52-40-20-9-7-18-36(40)38-26-29-11-4-5-12-30(29)27-42(38)52/h3-27H,1-2H3;1-28H. The molecule has 7 aromatic heterocycles. The summed E-state index contributed by atoms with van der Waals surface area (Å²) in [5.41, 5.74) is 23.1. The molecule has 11 heteroatoms. The van der Waals surface area contributed by atoms with Crippen molar-refractivity contribution < 1.29 is 0 Å². The molecule has 0 unspecified atom stereocenters. The summed E-state index contributed by atoms with van der Waals surface area (Å²) in [5, 5.41) is 14.5. The van der Waals surface area contributed by atoms with Gasteiger partial charge >= 0.3 is 0 Å². The zero-order valence-corrected chi connectivity index (χ0v) is 56.5. The van der Waals surface area contributed by atoms with Crippen LogP contribution in [0.5, 0.6) is 0 Å². The summed E-state index contributed by atoms with van der Waals surface area (Å²) in [6, 6.07) is 106. The van der Waals surface area contributed by atoms with Crippen LogP contribution in [-0.2, 0) is 5.41 Å². The molecular weight excluding hydrogens is 1270 g/mol. The average Bonchev–Trinajstić information content (AvgIpc) is 1.57. The van der Waals surface area contributed by atoms with Gasteiger partial charge in [0.15, 0.2) is 22.9 Å². The summed E-state index contributed by atoms with van der Waals surface area (Å²) < 4.78 is 7.05. The van der Waals surface area contributed by atoms with Gasteiger partial charge in [-0.25, -0.2) is 39.9 Å². The van der Waals surface area contributed by atoms with E-state index < -0.39 is 0 Å². The van der Waals surface area contributed by atoms with Crippen molar-refractivity contribution >= 4 is 120 Å². The van der Waals surface area contributed by atoms with Gasteiger partial charge in [-0.1, -0.05) is 214 Å². The van der Waals surface area contributed by atoms with Crippen molar-refractivity contribution in [2.45, 2.75) is 19.3 Å². The minimum absolute atomic E-state index is 0.126. The van der Waals surface area contributed by atoms with E-state index in [2.05, 4.69) is 329 Å². The van der Waals surface area contributed by atoms with Crippen LogP contribution in [0.3, 0.4) is 0 Å². The van der Waals surface area contributed by atoms with Gasteiger partial charge in [-0.2, -0.15) is 0 Å². The quantitative estimate of drug-likeness (QED) is 0.155. The maximum absolute atomic E-state index is 5.26. The highest BCUT2D eigenvalue weighted by atomic mass is 15.0. The predicted octanol–water partition coefficient (Wildman–Crippen LogP) is 22.6. The maximum atomic E-state index is 5.26. The molecule has 0 bridgehead atoms. The van der Waals surface area contributed by atoms with Crippen molar-refractivity contribution in [1.29, 1.82) is 0 Å². The molecule has 21 aromatic rings. The van der Waals surface area contributed by atoms with Gasteiger partial charge in [0.1, 0.15) is 22.4 Å². The summed E-state index contributed by atoms with van der Waals surface area (Å²) in [4.78, 5) is 39.3. The minimum atomic E-state index is -0.126. The average molecular weight is 1330 g/mol. The molecule has 14 aromatic carbocycles. The minimum Gasteiger partial charge on any atom is -0.309 e. The van der Waals surface area contributed by atoms with Crippen molar-refractivity contribution in [2.24, 2.45) is 0 Å². The highest BCUT2D eigenvalue weighted by Gasteiger charge is 2.36. The number of hydrogen-bond donors (Lipinski definition) is 0. The molecule has 22 rings (SSSR count). The Hall–Kier alpha value is -13.9. The number of rotatable bonds is 7. The van der Waals surface area contributed by atoms with E-state index in [-0.39, 0.29) is 5.41 Å². The third-order valence-corrected chi connectivity index (χ3v) is 21.3. The van der Waals surface area contributed by atoms with Crippen LogP contribution < -0.4 is 0 Å². The largest absolute Gasteiger partial charge is 0.309 e. The lowest BCUT2D eigenvalue weighted by Crippen LogP contribution is -2.15. The molecule has 1 aliphatic carbocycles. The Morgan fingerprint density at radius 2 is 0.702 bits per heavy atom. The monoisotopic (exact) mass is 1330 g/mol. The molecule has 0 spiro atoms. The lowest BCUT2D eigenvalue weighted by molar-refractivity contribution is 0.660. The Labute approximate surface area is 596 Å². The van der Waals surface area contributed by atoms with Gasteiger partial charge in [0.25, 0.3) is 0 Å². The Morgan fingerprint density at radius 3 is 1.34 bits per heavy atom. The van der Waals surface area contributed by atoms with Gasteiger partial charge in [0.2, 0.25) is 0 Å². The summed E-state index contributed by atoms with van der Waals surface area (Å²) in [6.45, 7) is 4.60. The van der Waals surface area contributed by atoms with Crippen LogP contribution in [0.2, 0.25) is 0 Å². The highest BCUT2D eigenvalue weighted by molar-refractivity contribution is 6.16. The number of hydrogen-bond acceptors (Lipinski definition) is 8. The maximum Gasteiger partial charge on any atom is 0.182 e. The third-order valence-electron chi connectivity index (χ3n) is 21.3. The Kier molecular flexibility index (Phi) is 13.1. The van der Waals surface area contributed by atoms with Crippen LogP contribution in [0.25, 0.3) is 194 Å². The molecule has 0 radical (unpaired) electrons. The lowest BCUT2D eigenvalue weighted by atomic mass is 9.82. The predicted molar refractivity (Wildman–Crippen MR) is 425 cm³/mol. The first kappa shape index (κ1) is 59.0. The Bertz CT molecular complexity index is 7170. The first-order valence-corrected chi connectivity index (χ1v) is 35.1. The normalized spacial score (nSPS) is 12.6. The summed E-state index contributed by atoms with van der Waals surface area (Å²) >= 11 is 0. The van der Waals surface area contributed by atoms with E-state index in [4.69, 9.17) is 29.9 Å². The zero-order valence-electron chi connectivity index (χ0n) is 56.5. The molecular formula is C93H59N11. The van der Waals surface area contributed by atoms with Crippen LogP contribution in [0, 0.1) is 0 Å². The zero-order chi connectivity index (χ0) is 68.7. The van der Waals surface area contributed by atoms with E-state index in [0.29, 0.717) is 34.0 Å². The molecule has 0 atom stereocenters. The summed E-state index contributed by atoms with van der Waals surface area (Å²) in [7, 11) is 0. The molecule has 0 saturated heterocycles. The van der Waals surface area contributed by atoms with Crippen molar-refractivity contribution in [3.63, 3.8) is 0 Å². The fourth-order valence-corrected chi connectivity index (χ4v) is 16.4. The van der Waals surface area contributed by atoms with E-state index >= 15 is 0 Å². The molecule has 0 fully saturated rings. The van der Waals surface area contributed by atoms with Crippen molar-refractivity contribution in [1.82, 2.24) is 53.6 Å². The second-order valence-corrected chi connectivity index (χ2v) is 27.5. The van der Waals surface area contributed by atoms with Gasteiger partial charge in [-0.3, -0.25) is 0 Å². The summed E-state index contributed by atoms with van der Waals surface area (Å²) in [6.07, 6.45) is 6.82. The van der Waals surface area contributed by atoms with Crippen LogP contribution >= 0.6 is 0 Å². The number of fused-ring (bicyclic) bond motifs is 17. The molecule has 104 heavy (non-hydrogen) atoms. The van der Waals surface area contributed by atoms with Gasteiger partial charge in [0.05, 0.1) is 33.1 Å². The first-order chi connectivity index (χ1) is 51.3. The highest BCUT2D eigenvalue weighted by Crippen LogP contribution is 2.50. The van der Waals surface area contributed by atoms with E-state index in [1.54, 1.807) is 24.8 Å². The summed E-state index contributed by atoms with van der Waals surface area (Å²) in [5.74, 6) is 1.22. The number of para-hydroxylation sites is 4. The van der Waals surface area contributed by atoms with Crippen molar-refractivity contribution in [2.75, 3.05) is 0 Å². The van der Waals surface area contributed by atoms with E-state index in [1.165, 1.54) is 87.1 Å². The molecule has 7 heterocycles. The molecule has 11 nitrogen and oxygen atoms in total. The van der Waals surface area contributed by atoms with Gasteiger partial charge < -0.3 is 13.7 Å². The van der Waals surface area contributed by atoms with Gasteiger partial charge in [-0.15, -0.1) is 0 Å². The third kappa shape index (κ3) is 9.30. The van der Waals surface area contributed by atoms with Crippen LogP contribution in [-0.4, -0.2) is 53.6 Å². The van der Waals surface area contributed by atoms with E-state index in [9.17, 15) is 0 Å². The van der Waals surface area contributed by atoms with Crippen molar-refractivity contribution in [3.8, 4) is 73.5 Å². The number of aromatic nitrogens is 11. The van der Waals surface area contributed by atoms with Gasteiger partial charge in [-0.05, 0) is 152 Å². The van der Waals surface area contributed by atoms with Crippen LogP contribution in [0.4, 0.5) is 0 Å². The lowest BCUT2D eigenvalue weighted by Gasteiger charge is -2.22. The molecule has 0 amide bonds. The smallest absolute Gasteiger partial charge is 0.182 e. The first-order valence-electron chi connectivity index (χ1n) is 35.1. The van der Waals surface area contributed by atoms with Crippen LogP contribution in [0.1, 0.15) is 25.0 Å². The topological polar surface area (TPSA) is 118 Å².